The van der Waals surface area contributed by atoms with Crippen molar-refractivity contribution in [2.75, 3.05) is 11.4 Å². The van der Waals surface area contributed by atoms with Gasteiger partial charge < -0.3 is 10.0 Å². The van der Waals surface area contributed by atoms with Crippen molar-refractivity contribution < 1.29 is 18.3 Å². The van der Waals surface area contributed by atoms with Crippen molar-refractivity contribution in [3.8, 4) is 0 Å². The van der Waals surface area contributed by atoms with Crippen LogP contribution in [0.25, 0.3) is 0 Å². The van der Waals surface area contributed by atoms with Crippen LogP contribution in [0.3, 0.4) is 0 Å². The molecule has 0 bridgehead atoms. The maximum absolute atomic E-state index is 13.3. The summed E-state index contributed by atoms with van der Waals surface area (Å²) in [7, 11) is 0. The van der Waals surface area contributed by atoms with E-state index in [1.54, 1.807) is 6.92 Å². The van der Waals surface area contributed by atoms with E-state index in [1.165, 1.54) is 0 Å². The lowest BCUT2D eigenvalue weighted by atomic mass is 9.66. The Bertz CT molecular complexity index is 839. The number of hydrogen-bond donors (Lipinski definition) is 1. The summed E-state index contributed by atoms with van der Waals surface area (Å²) in [4.78, 5) is 6.43. The predicted octanol–water partition coefficient (Wildman–Crippen LogP) is 5.07. The van der Waals surface area contributed by atoms with E-state index in [-0.39, 0.29) is 12.0 Å². The first-order valence-corrected chi connectivity index (χ1v) is 9.89. The first-order chi connectivity index (χ1) is 13.3. The van der Waals surface area contributed by atoms with Crippen LogP contribution in [-0.2, 0) is 11.8 Å². The first-order valence-electron chi connectivity index (χ1n) is 9.89. The summed E-state index contributed by atoms with van der Waals surface area (Å²) >= 11 is 0. The number of pyridine rings is 1. The second kappa shape index (κ2) is 7.07. The number of aryl methyl sites for hydroxylation is 1. The van der Waals surface area contributed by atoms with Crippen LogP contribution >= 0.6 is 0 Å². The maximum atomic E-state index is 13.3. The molecule has 1 aliphatic heterocycles. The van der Waals surface area contributed by atoms with Gasteiger partial charge in [0.05, 0.1) is 11.2 Å². The first kappa shape index (κ1) is 19.2. The van der Waals surface area contributed by atoms with Gasteiger partial charge in [0.25, 0.3) is 0 Å². The average Bonchev–Trinajstić information content (AvgIpc) is 2.68. The summed E-state index contributed by atoms with van der Waals surface area (Å²) in [6, 6.07) is 11.9. The monoisotopic (exact) mass is 390 g/mol. The van der Waals surface area contributed by atoms with Crippen LogP contribution in [0.15, 0.2) is 42.5 Å². The highest BCUT2D eigenvalue weighted by atomic mass is 19.4. The Morgan fingerprint density at radius 2 is 1.82 bits per heavy atom. The largest absolute Gasteiger partial charge is 0.416 e. The highest BCUT2D eigenvalue weighted by molar-refractivity contribution is 5.46. The van der Waals surface area contributed by atoms with Crippen LogP contribution in [0.4, 0.5) is 19.0 Å². The molecule has 1 saturated carbocycles. The van der Waals surface area contributed by atoms with E-state index in [1.807, 2.05) is 35.2 Å². The third-order valence-electron chi connectivity index (χ3n) is 6.31. The minimum absolute atomic E-state index is 0.0110. The SMILES string of the molecule is Cc1cc(C(F)(F)F)cc(N2CC[C@](O)(c3ccccc3)[C@H]3CCCC[C@H]32)n1. The summed E-state index contributed by atoms with van der Waals surface area (Å²) in [5, 5.41) is 11.6. The molecule has 0 unspecified atom stereocenters. The summed E-state index contributed by atoms with van der Waals surface area (Å²) in [6.07, 6.45) is -0.148. The van der Waals surface area contributed by atoms with E-state index >= 15 is 0 Å². The Balaban J connectivity index is 1.71. The second-order valence-electron chi connectivity index (χ2n) is 8.05. The van der Waals surface area contributed by atoms with Crippen LogP contribution < -0.4 is 4.90 Å². The second-order valence-corrected chi connectivity index (χ2v) is 8.05. The van der Waals surface area contributed by atoms with Crippen LogP contribution in [0.5, 0.6) is 0 Å². The Morgan fingerprint density at radius 1 is 1.11 bits per heavy atom. The van der Waals surface area contributed by atoms with Gasteiger partial charge in [-0.15, -0.1) is 0 Å². The fourth-order valence-corrected chi connectivity index (χ4v) is 5.01. The zero-order valence-corrected chi connectivity index (χ0v) is 15.9. The Morgan fingerprint density at radius 3 is 2.54 bits per heavy atom. The van der Waals surface area contributed by atoms with Gasteiger partial charge in [-0.05, 0) is 43.9 Å². The summed E-state index contributed by atoms with van der Waals surface area (Å²) in [6.45, 7) is 2.08. The molecule has 1 aliphatic carbocycles. The average molecular weight is 390 g/mol. The number of anilines is 1. The zero-order chi connectivity index (χ0) is 19.9. The molecule has 0 spiro atoms. The molecule has 0 radical (unpaired) electrons. The number of piperidine rings is 1. The minimum Gasteiger partial charge on any atom is -0.385 e. The number of rotatable bonds is 2. The van der Waals surface area contributed by atoms with Crippen molar-refractivity contribution in [1.29, 1.82) is 0 Å². The van der Waals surface area contributed by atoms with E-state index in [2.05, 4.69) is 4.98 Å². The number of alkyl halides is 3. The van der Waals surface area contributed by atoms with E-state index in [4.69, 9.17) is 0 Å². The summed E-state index contributed by atoms with van der Waals surface area (Å²) in [5.41, 5.74) is -0.341. The number of aromatic nitrogens is 1. The highest BCUT2D eigenvalue weighted by Crippen LogP contribution is 2.48. The number of nitrogens with zero attached hydrogens (tertiary/aromatic N) is 2. The van der Waals surface area contributed by atoms with Gasteiger partial charge in [-0.3, -0.25) is 0 Å². The number of fused-ring (bicyclic) bond motifs is 1. The molecule has 6 heteroatoms. The van der Waals surface area contributed by atoms with Gasteiger partial charge in [-0.1, -0.05) is 43.2 Å². The van der Waals surface area contributed by atoms with Crippen molar-refractivity contribution in [3.63, 3.8) is 0 Å². The van der Waals surface area contributed by atoms with Gasteiger partial charge in [-0.25, -0.2) is 4.98 Å². The standard InChI is InChI=1S/C22H25F3N2O/c1-15-13-17(22(23,24)25)14-20(26-15)27-12-11-21(28,16-7-3-2-4-8-16)18-9-5-6-10-19(18)27/h2-4,7-8,13-14,18-19,28H,5-6,9-12H2,1H3/t18-,19+,21-/m0/s1. The fourth-order valence-electron chi connectivity index (χ4n) is 5.01. The third kappa shape index (κ3) is 3.39. The summed E-state index contributed by atoms with van der Waals surface area (Å²) in [5.74, 6) is 0.355. The van der Waals surface area contributed by atoms with E-state index in [9.17, 15) is 18.3 Å². The topological polar surface area (TPSA) is 36.4 Å². The number of aliphatic hydroxyl groups is 1. The van der Waals surface area contributed by atoms with E-state index in [0.717, 1.165) is 43.4 Å². The zero-order valence-electron chi connectivity index (χ0n) is 15.9. The summed E-state index contributed by atoms with van der Waals surface area (Å²) < 4.78 is 39.9. The molecule has 1 N–H and O–H groups in total. The molecular weight excluding hydrogens is 365 g/mol. The molecule has 4 rings (SSSR count). The van der Waals surface area contributed by atoms with Crippen LogP contribution in [0.2, 0.25) is 0 Å². The molecule has 1 aromatic heterocycles. The molecule has 1 aromatic carbocycles. The lowest BCUT2D eigenvalue weighted by Gasteiger charge is -2.53. The van der Waals surface area contributed by atoms with Gasteiger partial charge in [0.1, 0.15) is 5.82 Å². The number of halogens is 3. The Labute approximate surface area is 163 Å². The molecule has 2 fully saturated rings. The van der Waals surface area contributed by atoms with Gasteiger partial charge in [0.15, 0.2) is 0 Å². The quantitative estimate of drug-likeness (QED) is 0.778. The smallest absolute Gasteiger partial charge is 0.385 e. The maximum Gasteiger partial charge on any atom is 0.416 e. The lowest BCUT2D eigenvalue weighted by Crippen LogP contribution is -2.57. The van der Waals surface area contributed by atoms with Gasteiger partial charge in [0, 0.05) is 24.2 Å². The molecule has 2 aromatic rings. The van der Waals surface area contributed by atoms with E-state index in [0.29, 0.717) is 24.5 Å². The molecule has 3 nitrogen and oxygen atoms in total. The molecular formula is C22H25F3N2O. The van der Waals surface area contributed by atoms with Crippen molar-refractivity contribution in [1.82, 2.24) is 4.98 Å². The van der Waals surface area contributed by atoms with Crippen molar-refractivity contribution in [3.05, 3.63) is 59.3 Å². The van der Waals surface area contributed by atoms with Gasteiger partial charge in [0.2, 0.25) is 0 Å². The van der Waals surface area contributed by atoms with E-state index < -0.39 is 17.3 Å². The number of benzene rings is 1. The minimum atomic E-state index is -4.39. The molecule has 2 aliphatic rings. The Hall–Kier alpha value is -2.08. The third-order valence-corrected chi connectivity index (χ3v) is 6.31. The molecule has 2 heterocycles. The fraction of sp³-hybridized carbons (Fsp3) is 0.500. The molecule has 150 valence electrons. The van der Waals surface area contributed by atoms with Crippen molar-refractivity contribution in [2.45, 2.75) is 56.8 Å². The number of hydrogen-bond acceptors (Lipinski definition) is 3. The van der Waals surface area contributed by atoms with Crippen molar-refractivity contribution in [2.24, 2.45) is 5.92 Å². The van der Waals surface area contributed by atoms with Gasteiger partial charge in [-0.2, -0.15) is 13.2 Å². The normalized spacial score (nSPS) is 28.1. The highest BCUT2D eigenvalue weighted by Gasteiger charge is 2.49. The van der Waals surface area contributed by atoms with Crippen LogP contribution in [0, 0.1) is 12.8 Å². The van der Waals surface area contributed by atoms with Gasteiger partial charge >= 0.3 is 6.18 Å². The van der Waals surface area contributed by atoms with Crippen molar-refractivity contribution >= 4 is 5.82 Å². The molecule has 3 atom stereocenters. The molecule has 28 heavy (non-hydrogen) atoms. The lowest BCUT2D eigenvalue weighted by molar-refractivity contribution is -0.137. The molecule has 1 saturated heterocycles. The molecule has 0 amide bonds. The Kier molecular flexibility index (Phi) is 4.86. The predicted molar refractivity (Wildman–Crippen MR) is 102 cm³/mol. The van der Waals surface area contributed by atoms with Crippen LogP contribution in [0.1, 0.15) is 48.9 Å². The van der Waals surface area contributed by atoms with Crippen LogP contribution in [-0.4, -0.2) is 22.7 Å².